The third-order valence-electron chi connectivity index (χ3n) is 4.68. The normalized spacial score (nSPS) is 11.9. The molecule has 0 amide bonds. The van der Waals surface area contributed by atoms with Gasteiger partial charge in [-0.25, -0.2) is 26.3 Å². The van der Waals surface area contributed by atoms with Crippen LogP contribution in [0.5, 0.6) is 11.5 Å². The van der Waals surface area contributed by atoms with Crippen molar-refractivity contribution in [2.75, 3.05) is 27.3 Å². The summed E-state index contributed by atoms with van der Waals surface area (Å²) in [6.45, 7) is 0.719. The van der Waals surface area contributed by atoms with E-state index in [4.69, 9.17) is 9.47 Å². The van der Waals surface area contributed by atoms with Gasteiger partial charge in [-0.3, -0.25) is 0 Å². The summed E-state index contributed by atoms with van der Waals surface area (Å²) in [5.41, 5.74) is 0. The van der Waals surface area contributed by atoms with E-state index >= 15 is 0 Å². The van der Waals surface area contributed by atoms with Crippen LogP contribution in [-0.2, 0) is 20.0 Å². The molecule has 0 aromatic heterocycles. The Morgan fingerprint density at radius 2 is 0.903 bits per heavy atom. The molecule has 10 heteroatoms. The van der Waals surface area contributed by atoms with Gasteiger partial charge in [-0.15, -0.1) is 0 Å². The van der Waals surface area contributed by atoms with Crippen LogP contribution >= 0.6 is 0 Å². The molecule has 2 aromatic rings. The lowest BCUT2D eigenvalue weighted by Gasteiger charge is -2.08. The van der Waals surface area contributed by atoms with Crippen molar-refractivity contribution >= 4 is 20.0 Å². The Kier molecular flexibility index (Phi) is 9.76. The van der Waals surface area contributed by atoms with E-state index in [2.05, 4.69) is 9.44 Å². The molecule has 0 bridgehead atoms. The second-order valence-electron chi connectivity index (χ2n) is 6.91. The smallest absolute Gasteiger partial charge is 0.240 e. The molecule has 0 saturated carbocycles. The summed E-state index contributed by atoms with van der Waals surface area (Å²) in [5.74, 6) is 1.20. The van der Waals surface area contributed by atoms with E-state index in [1.165, 1.54) is 38.5 Å². The lowest BCUT2D eigenvalue weighted by molar-refractivity contribution is 0.414. The highest BCUT2D eigenvalue weighted by atomic mass is 32.2. The van der Waals surface area contributed by atoms with Gasteiger partial charge in [0, 0.05) is 13.1 Å². The first kappa shape index (κ1) is 25.1. The zero-order chi connectivity index (χ0) is 22.7. The fourth-order valence-corrected chi connectivity index (χ4v) is 5.02. The summed E-state index contributed by atoms with van der Waals surface area (Å²) in [5, 5.41) is 0. The van der Waals surface area contributed by atoms with Gasteiger partial charge in [0.2, 0.25) is 20.0 Å². The zero-order valence-corrected chi connectivity index (χ0v) is 19.5. The highest BCUT2D eigenvalue weighted by Crippen LogP contribution is 2.16. The van der Waals surface area contributed by atoms with Crippen molar-refractivity contribution in [3.63, 3.8) is 0 Å². The molecular weight excluding hydrogens is 440 g/mol. The summed E-state index contributed by atoms with van der Waals surface area (Å²) in [4.78, 5) is 0.412. The Labute approximate surface area is 185 Å². The molecule has 0 spiro atoms. The number of ether oxygens (including phenoxy) is 2. The minimum atomic E-state index is -3.52. The first-order valence-electron chi connectivity index (χ1n) is 10.1. The Morgan fingerprint density at radius 3 is 1.23 bits per heavy atom. The fraction of sp³-hybridized carbons (Fsp3) is 0.429. The maximum atomic E-state index is 12.2. The van der Waals surface area contributed by atoms with E-state index in [0.717, 1.165) is 19.3 Å². The summed E-state index contributed by atoms with van der Waals surface area (Å²) >= 11 is 0. The number of rotatable bonds is 14. The molecule has 0 heterocycles. The van der Waals surface area contributed by atoms with Gasteiger partial charge in [0.05, 0.1) is 24.0 Å². The molecule has 2 N–H and O–H groups in total. The van der Waals surface area contributed by atoms with E-state index in [1.54, 1.807) is 24.3 Å². The van der Waals surface area contributed by atoms with Crippen LogP contribution in [0.15, 0.2) is 58.3 Å². The minimum Gasteiger partial charge on any atom is -0.497 e. The number of sulfonamides is 2. The number of nitrogens with one attached hydrogen (secondary N) is 2. The average Bonchev–Trinajstić information content (AvgIpc) is 2.78. The molecule has 0 unspecified atom stereocenters. The Balaban J connectivity index is 1.59. The topological polar surface area (TPSA) is 111 Å². The van der Waals surface area contributed by atoms with Gasteiger partial charge in [0.1, 0.15) is 11.5 Å². The largest absolute Gasteiger partial charge is 0.497 e. The van der Waals surface area contributed by atoms with Crippen LogP contribution in [0.3, 0.4) is 0 Å². The first-order chi connectivity index (χ1) is 14.8. The maximum absolute atomic E-state index is 12.2. The van der Waals surface area contributed by atoms with Crippen LogP contribution in [-0.4, -0.2) is 44.1 Å². The number of hydrogen-bond acceptors (Lipinski definition) is 6. The van der Waals surface area contributed by atoms with Crippen LogP contribution in [0.25, 0.3) is 0 Å². The molecule has 0 fully saturated rings. The van der Waals surface area contributed by atoms with E-state index < -0.39 is 20.0 Å². The molecule has 31 heavy (non-hydrogen) atoms. The van der Waals surface area contributed by atoms with Gasteiger partial charge in [-0.05, 0) is 61.4 Å². The van der Waals surface area contributed by atoms with Gasteiger partial charge in [-0.2, -0.15) is 0 Å². The van der Waals surface area contributed by atoms with Gasteiger partial charge in [-0.1, -0.05) is 19.3 Å². The lowest BCUT2D eigenvalue weighted by atomic mass is 10.1. The van der Waals surface area contributed by atoms with E-state index in [-0.39, 0.29) is 9.79 Å². The molecule has 0 atom stereocenters. The molecule has 0 radical (unpaired) electrons. The Morgan fingerprint density at radius 1 is 0.581 bits per heavy atom. The van der Waals surface area contributed by atoms with Gasteiger partial charge in [0.15, 0.2) is 0 Å². The van der Waals surface area contributed by atoms with Gasteiger partial charge < -0.3 is 9.47 Å². The predicted molar refractivity (Wildman–Crippen MR) is 119 cm³/mol. The van der Waals surface area contributed by atoms with Crippen LogP contribution in [0.4, 0.5) is 0 Å². The van der Waals surface area contributed by atoms with Crippen molar-refractivity contribution in [3.05, 3.63) is 48.5 Å². The second kappa shape index (κ2) is 12.0. The van der Waals surface area contributed by atoms with Gasteiger partial charge >= 0.3 is 0 Å². The molecule has 2 aromatic carbocycles. The maximum Gasteiger partial charge on any atom is 0.240 e. The third-order valence-corrected chi connectivity index (χ3v) is 7.63. The standard InChI is InChI=1S/C21H30N2O6S2/c1-28-18-8-12-20(13-9-18)30(24,25)22-16-6-4-3-5-7-17-23-31(26,27)21-14-10-19(29-2)11-15-21/h8-15,22-23H,3-7,16-17H2,1-2H3. The molecule has 0 saturated heterocycles. The lowest BCUT2D eigenvalue weighted by Crippen LogP contribution is -2.25. The molecule has 8 nitrogen and oxygen atoms in total. The van der Waals surface area contributed by atoms with Crippen molar-refractivity contribution in [3.8, 4) is 11.5 Å². The van der Waals surface area contributed by atoms with Crippen LogP contribution in [0.2, 0.25) is 0 Å². The molecule has 0 aliphatic carbocycles. The van der Waals surface area contributed by atoms with Crippen molar-refractivity contribution in [2.45, 2.75) is 41.9 Å². The van der Waals surface area contributed by atoms with E-state index in [1.807, 2.05) is 0 Å². The third kappa shape index (κ3) is 8.13. The number of methoxy groups -OCH3 is 2. The van der Waals surface area contributed by atoms with Gasteiger partial charge in [0.25, 0.3) is 0 Å². The van der Waals surface area contributed by atoms with E-state index in [9.17, 15) is 16.8 Å². The summed E-state index contributed by atoms with van der Waals surface area (Å²) in [6, 6.07) is 12.5. The van der Waals surface area contributed by atoms with Crippen molar-refractivity contribution in [1.29, 1.82) is 0 Å². The van der Waals surface area contributed by atoms with Crippen molar-refractivity contribution in [1.82, 2.24) is 9.44 Å². The number of benzene rings is 2. The number of unbranched alkanes of at least 4 members (excludes halogenated alkanes) is 4. The van der Waals surface area contributed by atoms with Crippen molar-refractivity contribution < 1.29 is 26.3 Å². The van der Waals surface area contributed by atoms with Crippen LogP contribution < -0.4 is 18.9 Å². The molecule has 0 aliphatic rings. The van der Waals surface area contributed by atoms with Crippen molar-refractivity contribution in [2.24, 2.45) is 0 Å². The average molecular weight is 471 g/mol. The Bertz CT molecular complexity index is 921. The van der Waals surface area contributed by atoms with Crippen LogP contribution in [0, 0.1) is 0 Å². The highest BCUT2D eigenvalue weighted by molar-refractivity contribution is 7.89. The Hall–Kier alpha value is -2.14. The summed E-state index contributed by atoms with van der Waals surface area (Å²) in [7, 11) is -4.00. The molecule has 2 rings (SSSR count). The highest BCUT2D eigenvalue weighted by Gasteiger charge is 2.14. The molecule has 0 aliphatic heterocycles. The quantitative estimate of drug-likeness (QED) is 0.411. The fourth-order valence-electron chi connectivity index (χ4n) is 2.87. The minimum absolute atomic E-state index is 0.206. The predicted octanol–water partition coefficient (Wildman–Crippen LogP) is 2.91. The summed E-state index contributed by atoms with van der Waals surface area (Å²) < 4.78 is 64.2. The SMILES string of the molecule is COc1ccc(S(=O)(=O)NCCCCCCCNS(=O)(=O)c2ccc(OC)cc2)cc1. The van der Waals surface area contributed by atoms with Crippen LogP contribution in [0.1, 0.15) is 32.1 Å². The molecule has 172 valence electrons. The molecular formula is C21H30N2O6S2. The summed E-state index contributed by atoms with van der Waals surface area (Å²) in [6.07, 6.45) is 4.04. The first-order valence-corrected chi connectivity index (χ1v) is 13.0. The number of hydrogen-bond donors (Lipinski definition) is 2. The monoisotopic (exact) mass is 470 g/mol. The van der Waals surface area contributed by atoms with E-state index in [0.29, 0.717) is 37.4 Å². The second-order valence-corrected chi connectivity index (χ2v) is 10.4. The zero-order valence-electron chi connectivity index (χ0n) is 17.8.